The minimum atomic E-state index is 0.849. The summed E-state index contributed by atoms with van der Waals surface area (Å²) in [6, 6.07) is 6.85. The molecule has 1 unspecified atom stereocenters. The van der Waals surface area contributed by atoms with Gasteiger partial charge in [0.15, 0.2) is 0 Å². The number of hydrogen-bond acceptors (Lipinski definition) is 0. The quantitative estimate of drug-likeness (QED) is 0.449. The van der Waals surface area contributed by atoms with Crippen molar-refractivity contribution >= 4 is 0 Å². The Hall–Kier alpha value is -1.22. The predicted molar refractivity (Wildman–Crippen MR) is 92.5 cm³/mol. The maximum absolute atomic E-state index is 3.36. The van der Waals surface area contributed by atoms with Crippen molar-refractivity contribution in [3.8, 4) is 11.8 Å². The minimum absolute atomic E-state index is 0.849. The summed E-state index contributed by atoms with van der Waals surface area (Å²) in [5.74, 6) is 7.57. The number of benzene rings is 1. The van der Waals surface area contributed by atoms with E-state index in [2.05, 4.69) is 43.9 Å². The molecule has 0 N–H and O–H groups in total. The van der Waals surface area contributed by atoms with Gasteiger partial charge in [-0.1, -0.05) is 63.9 Å². The maximum atomic E-state index is 3.36. The van der Waals surface area contributed by atoms with E-state index in [-0.39, 0.29) is 0 Å². The fraction of sp³-hybridized carbons (Fsp3) is 0.619. The summed E-state index contributed by atoms with van der Waals surface area (Å²) in [5, 5.41) is 0. The SMILES string of the molecule is CCCCCCCCC#Cc1ccc2c(c1)CCC(C)C2. The second-order valence-corrected chi connectivity index (χ2v) is 6.65. The Morgan fingerprint density at radius 3 is 2.71 bits per heavy atom. The van der Waals surface area contributed by atoms with Gasteiger partial charge in [-0.25, -0.2) is 0 Å². The van der Waals surface area contributed by atoms with Crippen LogP contribution in [-0.2, 0) is 12.8 Å². The molecule has 1 aromatic rings. The lowest BCUT2D eigenvalue weighted by molar-refractivity contribution is 0.501. The molecule has 0 aromatic heterocycles. The summed E-state index contributed by atoms with van der Waals surface area (Å²) in [7, 11) is 0. The fourth-order valence-corrected chi connectivity index (χ4v) is 3.17. The Balaban J connectivity index is 1.75. The van der Waals surface area contributed by atoms with E-state index >= 15 is 0 Å². The third kappa shape index (κ3) is 5.58. The Morgan fingerprint density at radius 1 is 1.05 bits per heavy atom. The summed E-state index contributed by atoms with van der Waals surface area (Å²) in [6.07, 6.45) is 13.0. The summed E-state index contributed by atoms with van der Waals surface area (Å²) >= 11 is 0. The van der Waals surface area contributed by atoms with E-state index in [4.69, 9.17) is 0 Å². The van der Waals surface area contributed by atoms with Crippen molar-refractivity contribution < 1.29 is 0 Å². The molecule has 0 saturated carbocycles. The van der Waals surface area contributed by atoms with Gasteiger partial charge in [-0.3, -0.25) is 0 Å². The largest absolute Gasteiger partial charge is 0.0979 e. The summed E-state index contributed by atoms with van der Waals surface area (Å²) in [5.41, 5.74) is 4.31. The number of fused-ring (bicyclic) bond motifs is 1. The Labute approximate surface area is 131 Å². The van der Waals surface area contributed by atoms with Gasteiger partial charge in [0, 0.05) is 12.0 Å². The van der Waals surface area contributed by atoms with Crippen LogP contribution in [0.2, 0.25) is 0 Å². The topological polar surface area (TPSA) is 0 Å². The minimum Gasteiger partial charge on any atom is -0.0979 e. The van der Waals surface area contributed by atoms with Crippen LogP contribution in [0.15, 0.2) is 18.2 Å². The first-order valence-corrected chi connectivity index (χ1v) is 8.90. The third-order valence-corrected chi connectivity index (χ3v) is 4.57. The van der Waals surface area contributed by atoms with Gasteiger partial charge in [0.1, 0.15) is 0 Å². The van der Waals surface area contributed by atoms with Crippen molar-refractivity contribution in [2.24, 2.45) is 5.92 Å². The molecule has 0 fully saturated rings. The zero-order valence-electron chi connectivity index (χ0n) is 13.9. The average Bonchev–Trinajstić information content (AvgIpc) is 2.50. The van der Waals surface area contributed by atoms with Crippen LogP contribution in [0.3, 0.4) is 0 Å². The number of hydrogen-bond donors (Lipinski definition) is 0. The van der Waals surface area contributed by atoms with Gasteiger partial charge in [0.25, 0.3) is 0 Å². The van der Waals surface area contributed by atoms with Crippen LogP contribution in [-0.4, -0.2) is 0 Å². The maximum Gasteiger partial charge on any atom is 0.0248 e. The van der Waals surface area contributed by atoms with Gasteiger partial charge in [-0.2, -0.15) is 0 Å². The lowest BCUT2D eigenvalue weighted by Gasteiger charge is -2.21. The van der Waals surface area contributed by atoms with Crippen LogP contribution in [0.1, 0.15) is 81.9 Å². The van der Waals surface area contributed by atoms with Crippen LogP contribution < -0.4 is 0 Å². The fourth-order valence-electron chi connectivity index (χ4n) is 3.17. The highest BCUT2D eigenvalue weighted by Crippen LogP contribution is 2.25. The van der Waals surface area contributed by atoms with Crippen LogP contribution in [0.5, 0.6) is 0 Å². The van der Waals surface area contributed by atoms with Crippen molar-refractivity contribution in [2.75, 3.05) is 0 Å². The number of aryl methyl sites for hydroxylation is 1. The smallest absolute Gasteiger partial charge is 0.0248 e. The first kappa shape index (κ1) is 16.2. The zero-order chi connectivity index (χ0) is 14.9. The highest BCUT2D eigenvalue weighted by molar-refractivity contribution is 5.42. The molecule has 21 heavy (non-hydrogen) atoms. The second-order valence-electron chi connectivity index (χ2n) is 6.65. The standard InChI is InChI=1S/C21H30/c1-3-4-5-6-7-8-9-10-11-19-13-15-20-16-18(2)12-14-21(20)17-19/h13,15,17-18H,3-9,12,14,16H2,1-2H3. The van der Waals surface area contributed by atoms with Crippen molar-refractivity contribution in [3.63, 3.8) is 0 Å². The number of unbranched alkanes of at least 4 members (excludes halogenated alkanes) is 6. The molecule has 0 nitrogen and oxygen atoms in total. The molecule has 0 heterocycles. The van der Waals surface area contributed by atoms with E-state index in [1.54, 1.807) is 11.1 Å². The lowest BCUT2D eigenvalue weighted by Crippen LogP contribution is -2.11. The molecule has 0 spiro atoms. The van der Waals surface area contributed by atoms with Gasteiger partial charge < -0.3 is 0 Å². The van der Waals surface area contributed by atoms with Crippen molar-refractivity contribution in [1.29, 1.82) is 0 Å². The highest BCUT2D eigenvalue weighted by Gasteiger charge is 2.14. The second kappa shape index (κ2) is 8.93. The molecule has 0 aliphatic heterocycles. The molecule has 0 radical (unpaired) electrons. The molecule has 0 bridgehead atoms. The lowest BCUT2D eigenvalue weighted by atomic mass is 9.84. The molecule has 0 saturated heterocycles. The van der Waals surface area contributed by atoms with Crippen LogP contribution in [0.4, 0.5) is 0 Å². The van der Waals surface area contributed by atoms with Gasteiger partial charge in [0.2, 0.25) is 0 Å². The molecule has 0 heteroatoms. The first-order chi connectivity index (χ1) is 10.3. The van der Waals surface area contributed by atoms with Gasteiger partial charge in [-0.15, -0.1) is 0 Å². The van der Waals surface area contributed by atoms with E-state index < -0.39 is 0 Å². The van der Waals surface area contributed by atoms with Gasteiger partial charge in [-0.05, 0) is 54.9 Å². The highest BCUT2D eigenvalue weighted by atomic mass is 14.2. The molecule has 0 amide bonds. The first-order valence-electron chi connectivity index (χ1n) is 8.90. The molecule has 1 aliphatic carbocycles. The van der Waals surface area contributed by atoms with E-state index in [0.717, 1.165) is 12.3 Å². The van der Waals surface area contributed by atoms with Crippen LogP contribution in [0.25, 0.3) is 0 Å². The summed E-state index contributed by atoms with van der Waals surface area (Å²) in [6.45, 7) is 4.63. The molecule has 2 rings (SSSR count). The molecular formula is C21H30. The van der Waals surface area contributed by atoms with E-state index in [0.29, 0.717) is 0 Å². The number of rotatable bonds is 6. The molecule has 1 atom stereocenters. The van der Waals surface area contributed by atoms with Crippen molar-refractivity contribution in [2.45, 2.75) is 78.1 Å². The van der Waals surface area contributed by atoms with Crippen molar-refractivity contribution in [3.05, 3.63) is 34.9 Å². The Kier molecular flexibility index (Phi) is 6.87. The van der Waals surface area contributed by atoms with E-state index in [9.17, 15) is 0 Å². The summed E-state index contributed by atoms with van der Waals surface area (Å²) in [4.78, 5) is 0. The Morgan fingerprint density at radius 2 is 1.86 bits per heavy atom. The molecule has 114 valence electrons. The zero-order valence-corrected chi connectivity index (χ0v) is 13.9. The monoisotopic (exact) mass is 282 g/mol. The van der Waals surface area contributed by atoms with Crippen LogP contribution >= 0.6 is 0 Å². The van der Waals surface area contributed by atoms with Gasteiger partial charge >= 0.3 is 0 Å². The van der Waals surface area contributed by atoms with Crippen molar-refractivity contribution in [1.82, 2.24) is 0 Å². The molecule has 1 aromatic carbocycles. The molecular weight excluding hydrogens is 252 g/mol. The summed E-state index contributed by atoms with van der Waals surface area (Å²) < 4.78 is 0. The van der Waals surface area contributed by atoms with E-state index in [1.807, 2.05) is 0 Å². The Bertz CT molecular complexity index is 486. The van der Waals surface area contributed by atoms with E-state index in [1.165, 1.54) is 63.4 Å². The molecule has 1 aliphatic rings. The normalized spacial score (nSPS) is 17.0. The van der Waals surface area contributed by atoms with Crippen LogP contribution in [0, 0.1) is 17.8 Å². The average molecular weight is 282 g/mol. The van der Waals surface area contributed by atoms with Gasteiger partial charge in [0.05, 0.1) is 0 Å². The third-order valence-electron chi connectivity index (χ3n) is 4.57. The predicted octanol–water partition coefficient (Wildman–Crippen LogP) is 5.91.